The lowest BCUT2D eigenvalue weighted by molar-refractivity contribution is -0.138. The molecule has 4 nitrogen and oxygen atoms in total. The SMILES string of the molecule is CCCCc1cccc(C(=O)c2ccc3n2CCC3C(=O)O)c1. The maximum absolute atomic E-state index is 12.8. The van der Waals surface area contributed by atoms with Crippen molar-refractivity contribution in [2.24, 2.45) is 0 Å². The average Bonchev–Trinajstić information content (AvgIpc) is 3.14. The van der Waals surface area contributed by atoms with Crippen LogP contribution in [0, 0.1) is 0 Å². The third-order valence-electron chi connectivity index (χ3n) is 4.55. The maximum atomic E-state index is 12.8. The van der Waals surface area contributed by atoms with E-state index in [1.165, 1.54) is 5.56 Å². The molecule has 1 aromatic carbocycles. The summed E-state index contributed by atoms with van der Waals surface area (Å²) in [5, 5.41) is 9.25. The molecule has 1 N–H and O–H groups in total. The van der Waals surface area contributed by atoms with Gasteiger partial charge in [-0.2, -0.15) is 0 Å². The summed E-state index contributed by atoms with van der Waals surface area (Å²) in [5.41, 5.74) is 3.19. The van der Waals surface area contributed by atoms with Crippen LogP contribution in [0.5, 0.6) is 0 Å². The highest BCUT2D eigenvalue weighted by Crippen LogP contribution is 2.31. The van der Waals surface area contributed by atoms with Crippen molar-refractivity contribution in [1.29, 1.82) is 0 Å². The first-order valence-corrected chi connectivity index (χ1v) is 8.17. The molecule has 0 aliphatic carbocycles. The Balaban J connectivity index is 1.88. The van der Waals surface area contributed by atoms with Gasteiger partial charge in [0.2, 0.25) is 5.78 Å². The van der Waals surface area contributed by atoms with E-state index in [2.05, 4.69) is 13.0 Å². The molecule has 4 heteroatoms. The van der Waals surface area contributed by atoms with Crippen molar-refractivity contribution in [3.8, 4) is 0 Å². The van der Waals surface area contributed by atoms with E-state index >= 15 is 0 Å². The molecule has 0 amide bonds. The van der Waals surface area contributed by atoms with E-state index in [4.69, 9.17) is 0 Å². The molecule has 2 aromatic rings. The van der Waals surface area contributed by atoms with Crippen molar-refractivity contribution in [1.82, 2.24) is 4.57 Å². The zero-order valence-corrected chi connectivity index (χ0v) is 13.3. The molecule has 0 spiro atoms. The van der Waals surface area contributed by atoms with Crippen molar-refractivity contribution in [3.63, 3.8) is 0 Å². The number of fused-ring (bicyclic) bond motifs is 1. The highest BCUT2D eigenvalue weighted by Gasteiger charge is 2.31. The van der Waals surface area contributed by atoms with Gasteiger partial charge >= 0.3 is 5.97 Å². The van der Waals surface area contributed by atoms with Gasteiger partial charge in [0.15, 0.2) is 0 Å². The summed E-state index contributed by atoms with van der Waals surface area (Å²) >= 11 is 0. The van der Waals surface area contributed by atoms with Crippen LogP contribution in [-0.2, 0) is 17.8 Å². The van der Waals surface area contributed by atoms with Gasteiger partial charge in [-0.05, 0) is 43.0 Å². The van der Waals surface area contributed by atoms with Crippen LogP contribution in [0.15, 0.2) is 36.4 Å². The third kappa shape index (κ3) is 2.93. The van der Waals surface area contributed by atoms with Crippen LogP contribution in [0.25, 0.3) is 0 Å². The van der Waals surface area contributed by atoms with Crippen LogP contribution in [-0.4, -0.2) is 21.4 Å². The van der Waals surface area contributed by atoms with Gasteiger partial charge in [0.05, 0.1) is 11.6 Å². The fourth-order valence-corrected chi connectivity index (χ4v) is 3.29. The lowest BCUT2D eigenvalue weighted by Gasteiger charge is -2.07. The number of aryl methyl sites for hydroxylation is 1. The second-order valence-corrected chi connectivity index (χ2v) is 6.11. The van der Waals surface area contributed by atoms with Crippen LogP contribution in [0.3, 0.4) is 0 Å². The Morgan fingerprint density at radius 3 is 2.83 bits per heavy atom. The van der Waals surface area contributed by atoms with E-state index in [0.717, 1.165) is 25.0 Å². The monoisotopic (exact) mass is 311 g/mol. The number of carboxylic acid groups (broad SMARTS) is 1. The van der Waals surface area contributed by atoms with Crippen LogP contribution in [0.2, 0.25) is 0 Å². The molecule has 120 valence electrons. The van der Waals surface area contributed by atoms with E-state index < -0.39 is 11.9 Å². The topological polar surface area (TPSA) is 59.3 Å². The smallest absolute Gasteiger partial charge is 0.312 e. The number of unbranched alkanes of at least 4 members (excludes halogenated alkanes) is 1. The number of nitrogens with zero attached hydrogens (tertiary/aromatic N) is 1. The fraction of sp³-hybridized carbons (Fsp3) is 0.368. The largest absolute Gasteiger partial charge is 0.481 e. The van der Waals surface area contributed by atoms with E-state index in [0.29, 0.717) is 24.2 Å². The number of benzene rings is 1. The van der Waals surface area contributed by atoms with Crippen molar-refractivity contribution in [3.05, 3.63) is 58.9 Å². The summed E-state index contributed by atoms with van der Waals surface area (Å²) < 4.78 is 1.86. The van der Waals surface area contributed by atoms with E-state index in [1.54, 1.807) is 12.1 Å². The molecule has 1 aliphatic heterocycles. The molecular weight excluding hydrogens is 290 g/mol. The summed E-state index contributed by atoms with van der Waals surface area (Å²) in [6, 6.07) is 11.3. The second kappa shape index (κ2) is 6.41. The minimum atomic E-state index is -0.817. The molecule has 0 fully saturated rings. The van der Waals surface area contributed by atoms with E-state index in [9.17, 15) is 14.7 Å². The summed E-state index contributed by atoms with van der Waals surface area (Å²) in [5.74, 6) is -1.34. The Kier molecular flexibility index (Phi) is 4.33. The molecule has 0 radical (unpaired) electrons. The second-order valence-electron chi connectivity index (χ2n) is 6.11. The fourth-order valence-electron chi connectivity index (χ4n) is 3.29. The van der Waals surface area contributed by atoms with E-state index in [-0.39, 0.29) is 5.78 Å². The normalized spacial score (nSPS) is 16.3. The van der Waals surface area contributed by atoms with Crippen LogP contribution in [0.4, 0.5) is 0 Å². The predicted molar refractivity (Wildman–Crippen MR) is 87.9 cm³/mol. The number of ketones is 1. The van der Waals surface area contributed by atoms with Gasteiger partial charge in [-0.25, -0.2) is 0 Å². The number of aliphatic carboxylic acids is 1. The van der Waals surface area contributed by atoms with Crippen LogP contribution < -0.4 is 0 Å². The molecule has 2 heterocycles. The highest BCUT2D eigenvalue weighted by molar-refractivity contribution is 6.08. The van der Waals surface area contributed by atoms with Gasteiger partial charge in [0, 0.05) is 17.8 Å². The van der Waals surface area contributed by atoms with Gasteiger partial charge in [0.25, 0.3) is 0 Å². The average molecular weight is 311 g/mol. The molecular formula is C19H21NO3. The van der Waals surface area contributed by atoms with Crippen molar-refractivity contribution in [2.45, 2.75) is 45.1 Å². The van der Waals surface area contributed by atoms with Crippen molar-refractivity contribution in [2.75, 3.05) is 0 Å². The number of rotatable bonds is 6. The summed E-state index contributed by atoms with van der Waals surface area (Å²) in [6.07, 6.45) is 3.77. The number of carbonyl (C=O) groups excluding carboxylic acids is 1. The van der Waals surface area contributed by atoms with E-state index in [1.807, 2.05) is 22.8 Å². The maximum Gasteiger partial charge on any atom is 0.312 e. The molecule has 23 heavy (non-hydrogen) atoms. The Morgan fingerprint density at radius 1 is 1.26 bits per heavy atom. The Hall–Kier alpha value is -2.36. The van der Waals surface area contributed by atoms with Crippen molar-refractivity contribution < 1.29 is 14.7 Å². The van der Waals surface area contributed by atoms with Gasteiger partial charge in [-0.15, -0.1) is 0 Å². The number of carbonyl (C=O) groups is 2. The zero-order chi connectivity index (χ0) is 16.4. The summed E-state index contributed by atoms with van der Waals surface area (Å²) in [7, 11) is 0. The minimum absolute atomic E-state index is 0.0272. The quantitative estimate of drug-likeness (QED) is 0.829. The van der Waals surface area contributed by atoms with Gasteiger partial charge in [0.1, 0.15) is 0 Å². The van der Waals surface area contributed by atoms with Gasteiger partial charge in [-0.1, -0.05) is 31.5 Å². The predicted octanol–water partition coefficient (Wildman–Crippen LogP) is 3.63. The number of hydrogen-bond donors (Lipinski definition) is 1. The molecule has 3 rings (SSSR count). The van der Waals surface area contributed by atoms with Crippen LogP contribution in [0.1, 0.15) is 59.4 Å². The Morgan fingerprint density at radius 2 is 2.09 bits per heavy atom. The molecule has 0 bridgehead atoms. The van der Waals surface area contributed by atoms with Gasteiger partial charge in [-0.3, -0.25) is 9.59 Å². The summed E-state index contributed by atoms with van der Waals surface area (Å²) in [4.78, 5) is 24.1. The van der Waals surface area contributed by atoms with Crippen molar-refractivity contribution >= 4 is 11.8 Å². The number of hydrogen-bond acceptors (Lipinski definition) is 2. The number of aromatic nitrogens is 1. The lowest BCUT2D eigenvalue weighted by Crippen LogP contribution is -2.10. The Bertz CT molecular complexity index is 745. The molecule has 1 aromatic heterocycles. The minimum Gasteiger partial charge on any atom is -0.481 e. The zero-order valence-electron chi connectivity index (χ0n) is 13.3. The first kappa shape index (κ1) is 15.5. The Labute approximate surface area is 135 Å². The first-order valence-electron chi connectivity index (χ1n) is 8.17. The molecule has 1 unspecified atom stereocenters. The summed E-state index contributed by atoms with van der Waals surface area (Å²) in [6.45, 7) is 2.74. The standard InChI is InChI=1S/C19H21NO3/c1-2-3-5-13-6-4-7-14(12-13)18(21)17-9-8-16-15(19(22)23)10-11-20(16)17/h4,6-9,12,15H,2-3,5,10-11H2,1H3,(H,22,23). The third-order valence-corrected chi connectivity index (χ3v) is 4.55. The highest BCUT2D eigenvalue weighted by atomic mass is 16.4. The molecule has 1 aliphatic rings. The van der Waals surface area contributed by atoms with Crippen LogP contribution >= 0.6 is 0 Å². The van der Waals surface area contributed by atoms with Gasteiger partial charge < -0.3 is 9.67 Å². The number of carboxylic acids is 1. The first-order chi connectivity index (χ1) is 11.1. The molecule has 0 saturated carbocycles. The lowest BCUT2D eigenvalue weighted by atomic mass is 10.0. The molecule has 0 saturated heterocycles. The molecule has 1 atom stereocenters.